The number of benzene rings is 1. The smallest absolute Gasteiger partial charge is 0.317 e. The van der Waals surface area contributed by atoms with Gasteiger partial charge in [-0.2, -0.15) is 0 Å². The molecule has 2 aliphatic carbocycles. The number of urea groups is 1. The number of fused-ring (bicyclic) bond motifs is 2. The van der Waals surface area contributed by atoms with E-state index in [0.29, 0.717) is 12.0 Å². The maximum absolute atomic E-state index is 12.8. The number of hydrogen-bond acceptors (Lipinski definition) is 2. The fraction of sp³-hybridized carbons (Fsp3) is 0.640. The van der Waals surface area contributed by atoms with Gasteiger partial charge >= 0.3 is 6.03 Å². The molecule has 2 heterocycles. The molecule has 162 valence electrons. The molecule has 0 bridgehead atoms. The number of rotatable bonds is 6. The van der Waals surface area contributed by atoms with Crippen LogP contribution in [0, 0.1) is 5.92 Å². The standard InChI is InChI=1S/C25H36N4O/c1-4-21-20-13-23-19(18-8-7-9-22(27-21)24(18)20)12-17(15-29(23)14-16-10-11-16)26-25(30)28(5-2)6-3/h7-9,16-17,19,23,27H,4-6,10-15H2,1-3H3,(H,26,30)/t17-,19?,23+/m0/s1. The maximum Gasteiger partial charge on any atom is 0.317 e. The Morgan fingerprint density at radius 2 is 2.03 bits per heavy atom. The Morgan fingerprint density at radius 1 is 1.23 bits per heavy atom. The quantitative estimate of drug-likeness (QED) is 0.750. The lowest BCUT2D eigenvalue weighted by Gasteiger charge is -2.47. The Bertz CT molecular complexity index is 927. The van der Waals surface area contributed by atoms with Crippen LogP contribution in [0.5, 0.6) is 0 Å². The summed E-state index contributed by atoms with van der Waals surface area (Å²) in [4.78, 5) is 21.1. The predicted molar refractivity (Wildman–Crippen MR) is 122 cm³/mol. The SMILES string of the molecule is CCc1[nH]c2cccc3c2c1C[C@@H]1C3C[C@H](NC(=O)N(CC)CC)CN1CC1CC1. The second-order valence-electron chi connectivity index (χ2n) is 9.54. The van der Waals surface area contributed by atoms with E-state index in [9.17, 15) is 4.79 Å². The molecule has 5 nitrogen and oxygen atoms in total. The average molecular weight is 409 g/mol. The van der Waals surface area contributed by atoms with E-state index in [0.717, 1.165) is 44.8 Å². The van der Waals surface area contributed by atoms with Crippen molar-refractivity contribution in [1.29, 1.82) is 0 Å². The highest BCUT2D eigenvalue weighted by Gasteiger charge is 2.43. The van der Waals surface area contributed by atoms with E-state index in [4.69, 9.17) is 0 Å². The molecule has 3 atom stereocenters. The first-order valence-electron chi connectivity index (χ1n) is 12.0. The number of likely N-dealkylation sites (tertiary alicyclic amines) is 1. The normalized spacial score (nSPS) is 25.9. The number of piperidine rings is 1. The van der Waals surface area contributed by atoms with Crippen molar-refractivity contribution in [1.82, 2.24) is 20.1 Å². The molecule has 1 saturated carbocycles. The zero-order chi connectivity index (χ0) is 20.8. The first-order chi connectivity index (χ1) is 14.6. The Morgan fingerprint density at radius 3 is 2.73 bits per heavy atom. The lowest BCUT2D eigenvalue weighted by atomic mass is 9.73. The lowest BCUT2D eigenvalue weighted by molar-refractivity contribution is 0.0932. The van der Waals surface area contributed by atoms with Gasteiger partial charge in [-0.3, -0.25) is 4.90 Å². The van der Waals surface area contributed by atoms with E-state index >= 15 is 0 Å². The minimum Gasteiger partial charge on any atom is -0.358 e. The summed E-state index contributed by atoms with van der Waals surface area (Å²) in [6.07, 6.45) is 6.00. The molecule has 0 spiro atoms. The van der Waals surface area contributed by atoms with Gasteiger partial charge in [0.1, 0.15) is 0 Å². The molecule has 1 unspecified atom stereocenters. The number of carbonyl (C=O) groups excluding carboxylic acids is 1. The van der Waals surface area contributed by atoms with Gasteiger partial charge in [-0.25, -0.2) is 4.79 Å². The third-order valence-electron chi connectivity index (χ3n) is 7.71. The van der Waals surface area contributed by atoms with Gasteiger partial charge < -0.3 is 15.2 Å². The molecule has 5 rings (SSSR count). The van der Waals surface area contributed by atoms with Crippen LogP contribution in [0.4, 0.5) is 4.79 Å². The summed E-state index contributed by atoms with van der Waals surface area (Å²) < 4.78 is 0. The van der Waals surface area contributed by atoms with E-state index in [-0.39, 0.29) is 12.1 Å². The number of aromatic amines is 1. The molecular weight excluding hydrogens is 372 g/mol. The number of aryl methyl sites for hydroxylation is 1. The van der Waals surface area contributed by atoms with Gasteiger partial charge in [-0.05, 0) is 69.1 Å². The molecule has 2 N–H and O–H groups in total. The van der Waals surface area contributed by atoms with Crippen LogP contribution in [-0.2, 0) is 12.8 Å². The van der Waals surface area contributed by atoms with Crippen molar-refractivity contribution in [3.63, 3.8) is 0 Å². The highest BCUT2D eigenvalue weighted by atomic mass is 16.2. The summed E-state index contributed by atoms with van der Waals surface area (Å²) in [7, 11) is 0. The van der Waals surface area contributed by atoms with Gasteiger partial charge in [0.25, 0.3) is 0 Å². The van der Waals surface area contributed by atoms with E-state index < -0.39 is 0 Å². The second-order valence-corrected chi connectivity index (χ2v) is 9.54. The van der Waals surface area contributed by atoms with Crippen molar-refractivity contribution in [2.75, 3.05) is 26.2 Å². The van der Waals surface area contributed by atoms with Gasteiger partial charge in [-0.15, -0.1) is 0 Å². The number of amides is 2. The fourth-order valence-corrected chi connectivity index (χ4v) is 5.99. The van der Waals surface area contributed by atoms with Gasteiger partial charge in [0.2, 0.25) is 0 Å². The lowest BCUT2D eigenvalue weighted by Crippen LogP contribution is -2.58. The number of H-pyrrole nitrogens is 1. The van der Waals surface area contributed by atoms with Crippen molar-refractivity contribution >= 4 is 16.9 Å². The van der Waals surface area contributed by atoms with Crippen molar-refractivity contribution in [2.24, 2.45) is 5.92 Å². The number of carbonyl (C=O) groups is 1. The fourth-order valence-electron chi connectivity index (χ4n) is 5.99. The zero-order valence-electron chi connectivity index (χ0n) is 18.7. The van der Waals surface area contributed by atoms with Crippen molar-refractivity contribution < 1.29 is 4.79 Å². The van der Waals surface area contributed by atoms with Crippen LogP contribution in [0.15, 0.2) is 18.2 Å². The number of nitrogens with zero attached hydrogens (tertiary/aromatic N) is 2. The molecule has 1 saturated heterocycles. The summed E-state index contributed by atoms with van der Waals surface area (Å²) in [5.41, 5.74) is 5.76. The Kier molecular flexibility index (Phi) is 5.26. The Balaban J connectivity index is 1.48. The molecule has 2 fully saturated rings. The predicted octanol–water partition coefficient (Wildman–Crippen LogP) is 4.27. The molecule has 5 heteroatoms. The minimum absolute atomic E-state index is 0.0967. The number of nitrogens with one attached hydrogen (secondary N) is 2. The highest BCUT2D eigenvalue weighted by molar-refractivity contribution is 5.89. The first kappa shape index (κ1) is 19.9. The van der Waals surface area contributed by atoms with Crippen LogP contribution in [-0.4, -0.2) is 59.1 Å². The van der Waals surface area contributed by atoms with E-state index in [1.165, 1.54) is 41.5 Å². The molecule has 1 aromatic heterocycles. The summed E-state index contributed by atoms with van der Waals surface area (Å²) in [5.74, 6) is 1.35. The minimum atomic E-state index is 0.0967. The summed E-state index contributed by atoms with van der Waals surface area (Å²) in [6, 6.07) is 7.67. The van der Waals surface area contributed by atoms with Gasteiger partial charge in [0.05, 0.1) is 0 Å². The monoisotopic (exact) mass is 408 g/mol. The zero-order valence-corrected chi connectivity index (χ0v) is 18.7. The third-order valence-corrected chi connectivity index (χ3v) is 7.71. The Labute approximate surface area is 180 Å². The molecule has 2 aromatic rings. The van der Waals surface area contributed by atoms with Gasteiger partial charge in [-0.1, -0.05) is 19.1 Å². The van der Waals surface area contributed by atoms with Crippen LogP contribution in [0.2, 0.25) is 0 Å². The van der Waals surface area contributed by atoms with Gasteiger partial charge in [0, 0.05) is 60.8 Å². The highest BCUT2D eigenvalue weighted by Crippen LogP contribution is 2.45. The summed E-state index contributed by atoms with van der Waals surface area (Å²) in [5, 5.41) is 4.86. The van der Waals surface area contributed by atoms with Crippen molar-refractivity contribution in [3.05, 3.63) is 35.0 Å². The summed E-state index contributed by atoms with van der Waals surface area (Å²) in [6.45, 7) is 10.1. The van der Waals surface area contributed by atoms with E-state index in [1.807, 2.05) is 4.90 Å². The Hall–Kier alpha value is -2.01. The van der Waals surface area contributed by atoms with Crippen LogP contribution >= 0.6 is 0 Å². The molecular formula is C25H36N4O. The van der Waals surface area contributed by atoms with Gasteiger partial charge in [0.15, 0.2) is 0 Å². The number of hydrogen-bond donors (Lipinski definition) is 2. The first-order valence-corrected chi connectivity index (χ1v) is 12.0. The second kappa shape index (κ2) is 7.92. The largest absolute Gasteiger partial charge is 0.358 e. The third kappa shape index (κ3) is 3.41. The maximum atomic E-state index is 12.8. The summed E-state index contributed by atoms with van der Waals surface area (Å²) >= 11 is 0. The molecule has 2 amide bonds. The van der Waals surface area contributed by atoms with E-state index in [1.54, 1.807) is 5.56 Å². The molecule has 3 aliphatic rings. The van der Waals surface area contributed by atoms with Crippen LogP contribution in [0.1, 0.15) is 62.8 Å². The molecule has 0 radical (unpaired) electrons. The molecule has 30 heavy (non-hydrogen) atoms. The van der Waals surface area contributed by atoms with Crippen molar-refractivity contribution in [3.8, 4) is 0 Å². The molecule has 1 aliphatic heterocycles. The van der Waals surface area contributed by atoms with Crippen LogP contribution in [0.25, 0.3) is 10.9 Å². The number of aromatic nitrogens is 1. The molecule has 1 aromatic carbocycles. The van der Waals surface area contributed by atoms with Crippen molar-refractivity contribution in [2.45, 2.75) is 70.9 Å². The topological polar surface area (TPSA) is 51.4 Å². The van der Waals surface area contributed by atoms with E-state index in [2.05, 4.69) is 54.2 Å². The van der Waals surface area contributed by atoms with Crippen LogP contribution in [0.3, 0.4) is 0 Å². The average Bonchev–Trinajstić information content (AvgIpc) is 3.49. The van der Waals surface area contributed by atoms with Crippen LogP contribution < -0.4 is 5.32 Å².